The van der Waals surface area contributed by atoms with Crippen LogP contribution in [-0.4, -0.2) is 30.6 Å². The van der Waals surface area contributed by atoms with E-state index in [-0.39, 0.29) is 24.0 Å². The van der Waals surface area contributed by atoms with Gasteiger partial charge < -0.3 is 10.6 Å². The zero-order chi connectivity index (χ0) is 15.5. The summed E-state index contributed by atoms with van der Waals surface area (Å²) in [4.78, 5) is 8.87. The van der Waals surface area contributed by atoms with Crippen molar-refractivity contribution in [3.63, 3.8) is 0 Å². The monoisotopic (exact) mass is 438 g/mol. The largest absolute Gasteiger partial charge is 0.356 e. The van der Waals surface area contributed by atoms with E-state index in [4.69, 9.17) is 0 Å². The van der Waals surface area contributed by atoms with E-state index in [2.05, 4.69) is 46.8 Å². The van der Waals surface area contributed by atoms with Crippen LogP contribution in [0.1, 0.15) is 57.2 Å². The molecule has 0 bridgehead atoms. The minimum absolute atomic E-state index is 0. The number of hydrogen-bond donors (Lipinski definition) is 2. The second kappa shape index (κ2) is 13.1. The summed E-state index contributed by atoms with van der Waals surface area (Å²) in [6.45, 7) is 7.47. The van der Waals surface area contributed by atoms with Crippen molar-refractivity contribution < 1.29 is 0 Å². The Labute approximate surface area is 156 Å². The molecular formula is C16H31IN4S. The molecule has 0 radical (unpaired) electrons. The van der Waals surface area contributed by atoms with Crippen molar-refractivity contribution in [2.45, 2.75) is 65.3 Å². The summed E-state index contributed by atoms with van der Waals surface area (Å²) in [5.41, 5.74) is 1.18. The molecule has 1 aromatic rings. The molecule has 0 saturated carbocycles. The summed E-state index contributed by atoms with van der Waals surface area (Å²) in [6.07, 6.45) is 7.02. The Kier molecular flexibility index (Phi) is 12.9. The predicted octanol–water partition coefficient (Wildman–Crippen LogP) is 4.00. The Morgan fingerprint density at radius 2 is 2.14 bits per heavy atom. The zero-order valence-corrected chi connectivity index (χ0v) is 17.5. The molecule has 6 heteroatoms. The lowest BCUT2D eigenvalue weighted by Crippen LogP contribution is -2.42. The van der Waals surface area contributed by atoms with Crippen LogP contribution in [0.15, 0.2) is 10.4 Å². The smallest absolute Gasteiger partial charge is 0.191 e. The molecule has 1 heterocycles. The van der Waals surface area contributed by atoms with Gasteiger partial charge in [0.1, 0.15) is 0 Å². The molecule has 0 spiro atoms. The van der Waals surface area contributed by atoms with E-state index < -0.39 is 0 Å². The van der Waals surface area contributed by atoms with Crippen molar-refractivity contribution in [3.8, 4) is 0 Å². The van der Waals surface area contributed by atoms with Gasteiger partial charge in [0.25, 0.3) is 0 Å². The lowest BCUT2D eigenvalue weighted by atomic mass is 10.1. The fourth-order valence-corrected chi connectivity index (χ4v) is 2.92. The van der Waals surface area contributed by atoms with Gasteiger partial charge in [-0.05, 0) is 19.8 Å². The van der Waals surface area contributed by atoms with E-state index in [1.165, 1.54) is 36.4 Å². The Morgan fingerprint density at radius 3 is 2.73 bits per heavy atom. The summed E-state index contributed by atoms with van der Waals surface area (Å²) in [6, 6.07) is 0.466. The van der Waals surface area contributed by atoms with E-state index in [0.29, 0.717) is 6.04 Å². The van der Waals surface area contributed by atoms with Crippen LogP contribution in [0.25, 0.3) is 0 Å². The minimum atomic E-state index is 0. The third kappa shape index (κ3) is 8.92. The third-order valence-corrected chi connectivity index (χ3v) is 4.46. The van der Waals surface area contributed by atoms with Gasteiger partial charge in [-0.3, -0.25) is 4.99 Å². The average molecular weight is 438 g/mol. The van der Waals surface area contributed by atoms with Crippen LogP contribution in [-0.2, 0) is 12.8 Å². The number of unbranched alkanes of at least 4 members (excludes halogenated alkanes) is 2. The number of hydrogen-bond acceptors (Lipinski definition) is 3. The number of halogens is 1. The first-order valence-electron chi connectivity index (χ1n) is 8.10. The Bertz CT molecular complexity index is 420. The zero-order valence-electron chi connectivity index (χ0n) is 14.3. The lowest BCUT2D eigenvalue weighted by molar-refractivity contribution is 0.547. The first kappa shape index (κ1) is 21.6. The van der Waals surface area contributed by atoms with Gasteiger partial charge in [-0.1, -0.05) is 33.1 Å². The highest BCUT2D eigenvalue weighted by Crippen LogP contribution is 2.10. The number of rotatable bonds is 9. The maximum atomic E-state index is 4.58. The molecule has 0 fully saturated rings. The van der Waals surface area contributed by atoms with E-state index >= 15 is 0 Å². The summed E-state index contributed by atoms with van der Waals surface area (Å²) in [7, 11) is 1.83. The topological polar surface area (TPSA) is 49.3 Å². The van der Waals surface area contributed by atoms with Crippen LogP contribution in [0, 0.1) is 0 Å². The van der Waals surface area contributed by atoms with Gasteiger partial charge in [-0.2, -0.15) is 0 Å². The Hall–Kier alpha value is -0.370. The maximum Gasteiger partial charge on any atom is 0.191 e. The standard InChI is InChI=1S/C16H30N4S.HI/c1-5-7-8-9-13(3)19-16(17-4)18-11-10-14-12-21-15(6-2)20-14;/h12-13H,5-11H2,1-4H3,(H2,17,18,19);1H. The SMILES string of the molecule is CCCCCC(C)NC(=NC)NCCc1csc(CC)n1.I. The van der Waals surface area contributed by atoms with E-state index in [9.17, 15) is 0 Å². The number of aryl methyl sites for hydroxylation is 1. The van der Waals surface area contributed by atoms with Crippen molar-refractivity contribution in [3.05, 3.63) is 16.1 Å². The van der Waals surface area contributed by atoms with Crippen molar-refractivity contribution in [1.82, 2.24) is 15.6 Å². The molecule has 1 atom stereocenters. The number of aliphatic imine (C=N–C) groups is 1. The number of thiazole rings is 1. The molecule has 0 amide bonds. The van der Waals surface area contributed by atoms with Crippen molar-refractivity contribution in [2.75, 3.05) is 13.6 Å². The number of guanidine groups is 1. The average Bonchev–Trinajstić information content (AvgIpc) is 2.94. The van der Waals surface area contributed by atoms with Gasteiger partial charge in [0, 0.05) is 31.4 Å². The Balaban J connectivity index is 0.00000441. The van der Waals surface area contributed by atoms with Gasteiger partial charge in [0.2, 0.25) is 0 Å². The van der Waals surface area contributed by atoms with E-state index in [0.717, 1.165) is 25.3 Å². The van der Waals surface area contributed by atoms with E-state index in [1.807, 2.05) is 7.05 Å². The molecule has 0 aliphatic heterocycles. The molecule has 0 saturated heterocycles. The number of nitrogens with zero attached hydrogens (tertiary/aromatic N) is 2. The summed E-state index contributed by atoms with van der Waals surface area (Å²) >= 11 is 1.75. The predicted molar refractivity (Wildman–Crippen MR) is 109 cm³/mol. The minimum Gasteiger partial charge on any atom is -0.356 e. The van der Waals surface area contributed by atoms with Gasteiger partial charge in [0.15, 0.2) is 5.96 Å². The molecule has 128 valence electrons. The first-order chi connectivity index (χ1) is 10.2. The third-order valence-electron chi connectivity index (χ3n) is 3.42. The highest BCUT2D eigenvalue weighted by atomic mass is 127. The Morgan fingerprint density at radius 1 is 1.36 bits per heavy atom. The summed E-state index contributed by atoms with van der Waals surface area (Å²) in [5.74, 6) is 0.893. The van der Waals surface area contributed by atoms with Crippen LogP contribution < -0.4 is 10.6 Å². The summed E-state index contributed by atoms with van der Waals surface area (Å²) < 4.78 is 0. The van der Waals surface area contributed by atoms with Crippen molar-refractivity contribution >= 4 is 41.3 Å². The first-order valence-corrected chi connectivity index (χ1v) is 8.98. The molecule has 1 rings (SSSR count). The normalized spacial score (nSPS) is 12.6. The molecule has 4 nitrogen and oxygen atoms in total. The molecule has 0 aromatic carbocycles. The molecule has 1 unspecified atom stereocenters. The molecule has 0 aliphatic rings. The molecule has 0 aliphatic carbocycles. The van der Waals surface area contributed by atoms with Crippen LogP contribution in [0.5, 0.6) is 0 Å². The van der Waals surface area contributed by atoms with Crippen LogP contribution in [0.4, 0.5) is 0 Å². The second-order valence-electron chi connectivity index (χ2n) is 5.38. The lowest BCUT2D eigenvalue weighted by Gasteiger charge is -2.17. The van der Waals surface area contributed by atoms with Crippen LogP contribution >= 0.6 is 35.3 Å². The summed E-state index contributed by atoms with van der Waals surface area (Å²) in [5, 5.41) is 10.2. The van der Waals surface area contributed by atoms with Crippen molar-refractivity contribution in [2.24, 2.45) is 4.99 Å². The number of aromatic nitrogens is 1. The molecule has 22 heavy (non-hydrogen) atoms. The molecule has 2 N–H and O–H groups in total. The van der Waals surface area contributed by atoms with Gasteiger partial charge in [-0.15, -0.1) is 35.3 Å². The van der Waals surface area contributed by atoms with Crippen LogP contribution in [0.3, 0.4) is 0 Å². The molecule has 1 aromatic heterocycles. The van der Waals surface area contributed by atoms with Gasteiger partial charge in [-0.25, -0.2) is 4.98 Å². The highest BCUT2D eigenvalue weighted by molar-refractivity contribution is 14.0. The quantitative estimate of drug-likeness (QED) is 0.265. The van der Waals surface area contributed by atoms with Gasteiger partial charge in [0.05, 0.1) is 10.7 Å². The molecular weight excluding hydrogens is 407 g/mol. The van der Waals surface area contributed by atoms with E-state index in [1.54, 1.807) is 11.3 Å². The van der Waals surface area contributed by atoms with Gasteiger partial charge >= 0.3 is 0 Å². The second-order valence-corrected chi connectivity index (χ2v) is 6.32. The fraction of sp³-hybridized carbons (Fsp3) is 0.750. The van der Waals surface area contributed by atoms with Crippen LogP contribution in [0.2, 0.25) is 0 Å². The highest BCUT2D eigenvalue weighted by Gasteiger charge is 2.05. The maximum absolute atomic E-state index is 4.58. The number of nitrogens with one attached hydrogen (secondary N) is 2. The fourth-order valence-electron chi connectivity index (χ4n) is 2.14. The van der Waals surface area contributed by atoms with Crippen molar-refractivity contribution in [1.29, 1.82) is 0 Å².